The van der Waals surface area contributed by atoms with Gasteiger partial charge in [-0.2, -0.15) is 5.10 Å². The van der Waals surface area contributed by atoms with Crippen molar-refractivity contribution in [1.29, 1.82) is 0 Å². The lowest BCUT2D eigenvalue weighted by molar-refractivity contribution is -0.131. The molecular weight excluding hydrogens is 396 g/mol. The summed E-state index contributed by atoms with van der Waals surface area (Å²) in [6.07, 6.45) is 8.66. The van der Waals surface area contributed by atoms with Crippen molar-refractivity contribution >= 4 is 17.5 Å². The topological polar surface area (TPSA) is 85.7 Å². The maximum Gasteiger partial charge on any atom is 0.244 e. The van der Waals surface area contributed by atoms with Gasteiger partial charge in [0.05, 0.1) is 25.1 Å². The van der Waals surface area contributed by atoms with Crippen molar-refractivity contribution in [2.45, 2.75) is 51.2 Å². The standard InChI is InChI=1S/C23H32N4O4/c1-26(13-12-20-8-5-6-14-31-20)23(29)17-27-16-19(15-24-27)25-22(28)11-10-18-7-3-4-9-21(18)30-2/h3-4,7,9,15-16,20H,5-6,8,10-14,17H2,1-2H3,(H,25,28)/t20-/m1/s1. The maximum absolute atomic E-state index is 12.5. The molecule has 0 aliphatic carbocycles. The highest BCUT2D eigenvalue weighted by molar-refractivity contribution is 5.90. The van der Waals surface area contributed by atoms with Gasteiger partial charge in [0.2, 0.25) is 11.8 Å². The van der Waals surface area contributed by atoms with Crippen molar-refractivity contribution in [3.05, 3.63) is 42.2 Å². The Bertz CT molecular complexity index is 861. The summed E-state index contributed by atoms with van der Waals surface area (Å²) in [6.45, 7) is 1.62. The van der Waals surface area contributed by atoms with Gasteiger partial charge in [-0.1, -0.05) is 18.2 Å². The molecule has 8 nitrogen and oxygen atoms in total. The Kier molecular flexibility index (Phi) is 8.46. The number of amides is 2. The molecule has 168 valence electrons. The number of aromatic nitrogens is 2. The highest BCUT2D eigenvalue weighted by Crippen LogP contribution is 2.19. The summed E-state index contributed by atoms with van der Waals surface area (Å²) < 4.78 is 12.6. The van der Waals surface area contributed by atoms with Crippen LogP contribution in [0.3, 0.4) is 0 Å². The van der Waals surface area contributed by atoms with Crippen molar-refractivity contribution in [2.24, 2.45) is 0 Å². The molecular formula is C23H32N4O4. The van der Waals surface area contributed by atoms with Gasteiger partial charge in [0.15, 0.2) is 0 Å². The third-order valence-electron chi connectivity index (χ3n) is 5.51. The quantitative estimate of drug-likeness (QED) is 0.629. The predicted octanol–water partition coefficient (Wildman–Crippen LogP) is 2.88. The van der Waals surface area contributed by atoms with Crippen LogP contribution in [0.4, 0.5) is 5.69 Å². The summed E-state index contributed by atoms with van der Waals surface area (Å²) in [7, 11) is 3.42. The minimum absolute atomic E-state index is 0.0204. The van der Waals surface area contributed by atoms with E-state index in [2.05, 4.69) is 10.4 Å². The van der Waals surface area contributed by atoms with E-state index in [-0.39, 0.29) is 24.5 Å². The number of para-hydroxylation sites is 1. The molecule has 3 rings (SSSR count). The molecule has 8 heteroatoms. The Morgan fingerprint density at radius 2 is 2.16 bits per heavy atom. The molecule has 1 aromatic carbocycles. The maximum atomic E-state index is 12.5. The third-order valence-corrected chi connectivity index (χ3v) is 5.51. The van der Waals surface area contributed by atoms with Crippen molar-refractivity contribution in [3.8, 4) is 5.75 Å². The van der Waals surface area contributed by atoms with E-state index < -0.39 is 0 Å². The predicted molar refractivity (Wildman–Crippen MR) is 118 cm³/mol. The van der Waals surface area contributed by atoms with E-state index >= 15 is 0 Å². The van der Waals surface area contributed by atoms with E-state index in [0.29, 0.717) is 25.1 Å². The Morgan fingerprint density at radius 1 is 1.32 bits per heavy atom. The fraction of sp³-hybridized carbons (Fsp3) is 0.522. The highest BCUT2D eigenvalue weighted by atomic mass is 16.5. The van der Waals surface area contributed by atoms with Gasteiger partial charge in [-0.05, 0) is 43.7 Å². The van der Waals surface area contributed by atoms with Crippen molar-refractivity contribution in [1.82, 2.24) is 14.7 Å². The normalized spacial score (nSPS) is 16.0. The molecule has 1 aliphatic heterocycles. The zero-order chi connectivity index (χ0) is 22.1. The first-order valence-corrected chi connectivity index (χ1v) is 10.8. The fourth-order valence-electron chi connectivity index (χ4n) is 3.65. The van der Waals surface area contributed by atoms with Crippen LogP contribution in [-0.4, -0.2) is 59.9 Å². The van der Waals surface area contributed by atoms with Crippen LogP contribution in [0.25, 0.3) is 0 Å². The van der Waals surface area contributed by atoms with E-state index in [1.165, 1.54) is 6.42 Å². The highest BCUT2D eigenvalue weighted by Gasteiger charge is 2.17. The van der Waals surface area contributed by atoms with Crippen LogP contribution in [0.5, 0.6) is 5.75 Å². The van der Waals surface area contributed by atoms with Crippen LogP contribution in [0.1, 0.15) is 37.7 Å². The summed E-state index contributed by atoms with van der Waals surface area (Å²) in [5.74, 6) is 0.648. The molecule has 0 unspecified atom stereocenters. The van der Waals surface area contributed by atoms with E-state index in [9.17, 15) is 9.59 Å². The largest absolute Gasteiger partial charge is 0.496 e. The molecule has 1 saturated heterocycles. The first kappa shape index (κ1) is 22.8. The van der Waals surface area contributed by atoms with Crippen molar-refractivity contribution in [2.75, 3.05) is 32.6 Å². The first-order chi connectivity index (χ1) is 15.0. The summed E-state index contributed by atoms with van der Waals surface area (Å²) in [4.78, 5) is 26.5. The number of hydrogen-bond acceptors (Lipinski definition) is 5. The zero-order valence-corrected chi connectivity index (χ0v) is 18.4. The monoisotopic (exact) mass is 428 g/mol. The fourth-order valence-corrected chi connectivity index (χ4v) is 3.65. The average Bonchev–Trinajstić information content (AvgIpc) is 3.23. The van der Waals surface area contributed by atoms with Gasteiger partial charge in [0, 0.05) is 32.8 Å². The van der Waals surface area contributed by atoms with Crippen LogP contribution in [0.2, 0.25) is 0 Å². The molecule has 1 atom stereocenters. The number of carbonyl (C=O) groups is 2. The van der Waals surface area contributed by atoms with Gasteiger partial charge in [-0.25, -0.2) is 0 Å². The number of carbonyl (C=O) groups excluding carboxylic acids is 2. The van der Waals surface area contributed by atoms with Crippen LogP contribution < -0.4 is 10.1 Å². The lowest BCUT2D eigenvalue weighted by atomic mass is 10.1. The minimum atomic E-state index is -0.110. The van der Waals surface area contributed by atoms with Gasteiger partial charge < -0.3 is 19.7 Å². The second-order valence-corrected chi connectivity index (χ2v) is 7.88. The van der Waals surface area contributed by atoms with Gasteiger partial charge in [-0.3, -0.25) is 14.3 Å². The smallest absolute Gasteiger partial charge is 0.244 e. The number of methoxy groups -OCH3 is 1. The van der Waals surface area contributed by atoms with E-state index in [4.69, 9.17) is 9.47 Å². The van der Waals surface area contributed by atoms with E-state index in [0.717, 1.165) is 37.2 Å². The Hall–Kier alpha value is -2.87. The lowest BCUT2D eigenvalue weighted by Crippen LogP contribution is -2.33. The van der Waals surface area contributed by atoms with Crippen LogP contribution in [0.15, 0.2) is 36.7 Å². The number of aryl methyl sites for hydroxylation is 1. The van der Waals surface area contributed by atoms with Gasteiger partial charge in [-0.15, -0.1) is 0 Å². The molecule has 1 aromatic heterocycles. The average molecular weight is 429 g/mol. The zero-order valence-electron chi connectivity index (χ0n) is 18.4. The molecule has 0 spiro atoms. The van der Waals surface area contributed by atoms with Crippen molar-refractivity contribution in [3.63, 3.8) is 0 Å². The number of hydrogen-bond donors (Lipinski definition) is 1. The number of nitrogens with zero attached hydrogens (tertiary/aromatic N) is 3. The molecule has 0 saturated carbocycles. The van der Waals surface area contributed by atoms with Crippen LogP contribution >= 0.6 is 0 Å². The molecule has 1 aliphatic rings. The van der Waals surface area contributed by atoms with E-state index in [1.807, 2.05) is 24.3 Å². The molecule has 1 fully saturated rings. The number of anilines is 1. The number of nitrogens with one attached hydrogen (secondary N) is 1. The second kappa shape index (κ2) is 11.5. The lowest BCUT2D eigenvalue weighted by Gasteiger charge is -2.25. The third kappa shape index (κ3) is 7.10. The van der Waals surface area contributed by atoms with Gasteiger partial charge in [0.25, 0.3) is 0 Å². The molecule has 31 heavy (non-hydrogen) atoms. The molecule has 1 N–H and O–H groups in total. The molecule has 2 amide bonds. The van der Waals surface area contributed by atoms with Crippen molar-refractivity contribution < 1.29 is 19.1 Å². The molecule has 2 heterocycles. The van der Waals surface area contributed by atoms with Crippen LogP contribution in [-0.2, 0) is 27.3 Å². The van der Waals surface area contributed by atoms with Gasteiger partial charge >= 0.3 is 0 Å². The molecule has 0 bridgehead atoms. The number of benzene rings is 1. The SMILES string of the molecule is COc1ccccc1CCC(=O)Nc1cnn(CC(=O)N(C)CC[C@H]2CCCCO2)c1. The molecule has 0 radical (unpaired) electrons. The van der Waals surface area contributed by atoms with Gasteiger partial charge in [0.1, 0.15) is 12.3 Å². The van der Waals surface area contributed by atoms with E-state index in [1.54, 1.807) is 36.1 Å². The Balaban J connectivity index is 1.41. The summed E-state index contributed by atoms with van der Waals surface area (Å²) in [5.41, 5.74) is 1.57. The summed E-state index contributed by atoms with van der Waals surface area (Å²) in [6, 6.07) is 7.66. The number of ether oxygens (including phenoxy) is 2. The number of likely N-dealkylation sites (N-methyl/N-ethyl adjacent to an activating group) is 1. The minimum Gasteiger partial charge on any atom is -0.496 e. The Labute approximate surface area is 183 Å². The number of rotatable bonds is 10. The second-order valence-electron chi connectivity index (χ2n) is 7.88. The first-order valence-electron chi connectivity index (χ1n) is 10.8. The van der Waals surface area contributed by atoms with Crippen LogP contribution in [0, 0.1) is 0 Å². The summed E-state index contributed by atoms with van der Waals surface area (Å²) in [5, 5.41) is 7.03. The molecule has 2 aromatic rings. The Morgan fingerprint density at radius 3 is 2.94 bits per heavy atom. The summed E-state index contributed by atoms with van der Waals surface area (Å²) >= 11 is 0.